The smallest absolute Gasteiger partial charge is 0.251 e. The van der Waals surface area contributed by atoms with E-state index in [9.17, 15) is 4.79 Å². The zero-order chi connectivity index (χ0) is 17.6. The maximum absolute atomic E-state index is 12.0. The lowest BCUT2D eigenvalue weighted by atomic mass is 10.2. The predicted molar refractivity (Wildman–Crippen MR) is 96.2 cm³/mol. The number of halogens is 1. The summed E-state index contributed by atoms with van der Waals surface area (Å²) in [5.41, 5.74) is 0.572. The fourth-order valence-electron chi connectivity index (χ4n) is 2.23. The SMILES string of the molecule is Cc1nc(NCCNC(=O)c2ccc(Cl)cc2)cc(-n2cccn2)n1. The molecule has 2 aromatic heterocycles. The van der Waals surface area contributed by atoms with Crippen molar-refractivity contribution in [2.75, 3.05) is 18.4 Å². The molecule has 0 fully saturated rings. The zero-order valence-corrected chi connectivity index (χ0v) is 14.4. The van der Waals surface area contributed by atoms with Crippen LogP contribution in [-0.2, 0) is 0 Å². The van der Waals surface area contributed by atoms with Gasteiger partial charge in [0, 0.05) is 42.1 Å². The van der Waals surface area contributed by atoms with Gasteiger partial charge in [-0.25, -0.2) is 14.6 Å². The molecule has 0 unspecified atom stereocenters. The summed E-state index contributed by atoms with van der Waals surface area (Å²) in [4.78, 5) is 20.7. The molecule has 1 amide bonds. The second-order valence-electron chi connectivity index (χ2n) is 5.30. The zero-order valence-electron chi connectivity index (χ0n) is 13.6. The van der Waals surface area contributed by atoms with E-state index in [1.165, 1.54) is 0 Å². The molecule has 0 aliphatic carbocycles. The third-order valence-corrected chi connectivity index (χ3v) is 3.64. The van der Waals surface area contributed by atoms with Crippen LogP contribution in [0.2, 0.25) is 5.02 Å². The van der Waals surface area contributed by atoms with Gasteiger partial charge in [-0.05, 0) is 37.3 Å². The number of hydrogen-bond donors (Lipinski definition) is 2. The highest BCUT2D eigenvalue weighted by atomic mass is 35.5. The predicted octanol–water partition coefficient (Wildman–Crippen LogP) is 2.47. The summed E-state index contributed by atoms with van der Waals surface area (Å²) in [6.45, 7) is 2.82. The molecule has 0 bridgehead atoms. The molecule has 2 N–H and O–H groups in total. The molecule has 3 aromatic rings. The second-order valence-corrected chi connectivity index (χ2v) is 5.74. The molecule has 0 aliphatic heterocycles. The third-order valence-electron chi connectivity index (χ3n) is 3.39. The number of hydrogen-bond acceptors (Lipinski definition) is 5. The Labute approximate surface area is 150 Å². The number of aromatic nitrogens is 4. The monoisotopic (exact) mass is 356 g/mol. The van der Waals surface area contributed by atoms with E-state index in [0.717, 1.165) is 0 Å². The van der Waals surface area contributed by atoms with Gasteiger partial charge in [0.1, 0.15) is 11.6 Å². The first-order chi connectivity index (χ1) is 12.1. The normalized spacial score (nSPS) is 10.5. The van der Waals surface area contributed by atoms with E-state index in [1.54, 1.807) is 41.2 Å². The summed E-state index contributed by atoms with van der Waals surface area (Å²) in [7, 11) is 0. The number of carbonyl (C=O) groups excluding carboxylic acids is 1. The van der Waals surface area contributed by atoms with Crippen LogP contribution in [0.1, 0.15) is 16.2 Å². The minimum atomic E-state index is -0.144. The van der Waals surface area contributed by atoms with Crippen molar-refractivity contribution >= 4 is 23.3 Å². The molecule has 0 saturated heterocycles. The van der Waals surface area contributed by atoms with Crippen LogP contribution in [0.4, 0.5) is 5.82 Å². The van der Waals surface area contributed by atoms with Crippen LogP contribution in [0.3, 0.4) is 0 Å². The maximum Gasteiger partial charge on any atom is 0.251 e. The Balaban J connectivity index is 1.54. The topological polar surface area (TPSA) is 84.7 Å². The summed E-state index contributed by atoms with van der Waals surface area (Å²) in [5, 5.41) is 10.8. The summed E-state index contributed by atoms with van der Waals surface area (Å²) in [5.74, 6) is 1.86. The van der Waals surface area contributed by atoms with Crippen molar-refractivity contribution in [2.24, 2.45) is 0 Å². The van der Waals surface area contributed by atoms with Crippen LogP contribution in [0.15, 0.2) is 48.8 Å². The maximum atomic E-state index is 12.0. The number of aryl methyl sites for hydroxylation is 1. The summed E-state index contributed by atoms with van der Waals surface area (Å²) < 4.78 is 1.67. The Hall–Kier alpha value is -2.93. The standard InChI is InChI=1S/C17H17ClN6O/c1-12-22-15(11-16(23-12)24-10-2-7-21-24)19-8-9-20-17(25)13-3-5-14(18)6-4-13/h2-7,10-11H,8-9H2,1H3,(H,20,25)(H,19,22,23). The van der Waals surface area contributed by atoms with Crippen molar-refractivity contribution in [2.45, 2.75) is 6.92 Å². The van der Waals surface area contributed by atoms with Gasteiger partial charge in [-0.1, -0.05) is 11.6 Å². The van der Waals surface area contributed by atoms with Crippen LogP contribution in [0.25, 0.3) is 5.82 Å². The van der Waals surface area contributed by atoms with Gasteiger partial charge in [0.2, 0.25) is 0 Å². The number of rotatable bonds is 6. The van der Waals surface area contributed by atoms with Gasteiger partial charge < -0.3 is 10.6 Å². The van der Waals surface area contributed by atoms with E-state index in [1.807, 2.05) is 19.2 Å². The number of nitrogens with one attached hydrogen (secondary N) is 2. The molecular weight excluding hydrogens is 340 g/mol. The molecule has 0 saturated carbocycles. The quantitative estimate of drug-likeness (QED) is 0.663. The Morgan fingerprint density at radius 2 is 2.00 bits per heavy atom. The highest BCUT2D eigenvalue weighted by Crippen LogP contribution is 2.10. The van der Waals surface area contributed by atoms with Crippen molar-refractivity contribution in [1.82, 2.24) is 25.1 Å². The summed E-state index contributed by atoms with van der Waals surface area (Å²) in [6, 6.07) is 10.4. The van der Waals surface area contributed by atoms with Gasteiger partial charge in [0.25, 0.3) is 5.91 Å². The first-order valence-electron chi connectivity index (χ1n) is 7.75. The van der Waals surface area contributed by atoms with E-state index in [0.29, 0.717) is 41.1 Å². The first-order valence-corrected chi connectivity index (χ1v) is 8.13. The van der Waals surface area contributed by atoms with Crippen LogP contribution in [-0.4, -0.2) is 38.7 Å². The molecule has 8 heteroatoms. The molecule has 25 heavy (non-hydrogen) atoms. The van der Waals surface area contributed by atoms with Gasteiger partial charge in [0.05, 0.1) is 0 Å². The highest BCUT2D eigenvalue weighted by Gasteiger charge is 2.06. The molecule has 3 rings (SSSR count). The van der Waals surface area contributed by atoms with E-state index < -0.39 is 0 Å². The van der Waals surface area contributed by atoms with Crippen molar-refractivity contribution in [1.29, 1.82) is 0 Å². The number of benzene rings is 1. The Morgan fingerprint density at radius 1 is 1.20 bits per heavy atom. The molecular formula is C17H17ClN6O. The average molecular weight is 357 g/mol. The number of anilines is 1. The van der Waals surface area contributed by atoms with E-state index >= 15 is 0 Å². The van der Waals surface area contributed by atoms with E-state index in [4.69, 9.17) is 11.6 Å². The van der Waals surface area contributed by atoms with Crippen LogP contribution < -0.4 is 10.6 Å². The molecule has 0 spiro atoms. The van der Waals surface area contributed by atoms with Gasteiger partial charge in [-0.2, -0.15) is 5.10 Å². The molecule has 0 radical (unpaired) electrons. The average Bonchev–Trinajstić information content (AvgIpc) is 3.13. The number of nitrogens with zero attached hydrogens (tertiary/aromatic N) is 4. The lowest BCUT2D eigenvalue weighted by Crippen LogP contribution is -2.28. The van der Waals surface area contributed by atoms with Crippen molar-refractivity contribution in [3.05, 3.63) is 65.2 Å². The van der Waals surface area contributed by atoms with Crippen molar-refractivity contribution in [3.63, 3.8) is 0 Å². The third kappa shape index (κ3) is 4.54. The first kappa shape index (κ1) is 16.9. The van der Waals surface area contributed by atoms with Crippen molar-refractivity contribution in [3.8, 4) is 5.82 Å². The van der Waals surface area contributed by atoms with Crippen LogP contribution >= 0.6 is 11.6 Å². The second kappa shape index (κ2) is 7.76. The summed E-state index contributed by atoms with van der Waals surface area (Å²) >= 11 is 5.81. The lowest BCUT2D eigenvalue weighted by Gasteiger charge is -2.09. The Kier molecular flexibility index (Phi) is 5.25. The lowest BCUT2D eigenvalue weighted by molar-refractivity contribution is 0.0955. The molecule has 2 heterocycles. The molecule has 128 valence electrons. The largest absolute Gasteiger partial charge is 0.368 e. The van der Waals surface area contributed by atoms with Gasteiger partial charge in [-0.15, -0.1) is 0 Å². The minimum Gasteiger partial charge on any atom is -0.368 e. The minimum absolute atomic E-state index is 0.144. The molecule has 0 aliphatic rings. The fraction of sp³-hybridized carbons (Fsp3) is 0.176. The molecule has 7 nitrogen and oxygen atoms in total. The van der Waals surface area contributed by atoms with E-state index in [2.05, 4.69) is 25.7 Å². The van der Waals surface area contributed by atoms with Crippen molar-refractivity contribution < 1.29 is 4.79 Å². The van der Waals surface area contributed by atoms with E-state index in [-0.39, 0.29) is 5.91 Å². The Morgan fingerprint density at radius 3 is 2.72 bits per heavy atom. The van der Waals surface area contributed by atoms with Crippen LogP contribution in [0, 0.1) is 6.92 Å². The van der Waals surface area contributed by atoms with Gasteiger partial charge >= 0.3 is 0 Å². The highest BCUT2D eigenvalue weighted by molar-refractivity contribution is 6.30. The molecule has 0 atom stereocenters. The number of amides is 1. The fourth-order valence-corrected chi connectivity index (χ4v) is 2.36. The van der Waals surface area contributed by atoms with Crippen LogP contribution in [0.5, 0.6) is 0 Å². The molecule has 1 aromatic carbocycles. The van der Waals surface area contributed by atoms with Gasteiger partial charge in [-0.3, -0.25) is 4.79 Å². The van der Waals surface area contributed by atoms with Gasteiger partial charge in [0.15, 0.2) is 5.82 Å². The Bertz CT molecular complexity index is 848. The number of carbonyl (C=O) groups is 1. The summed E-state index contributed by atoms with van der Waals surface area (Å²) in [6.07, 6.45) is 3.51.